The van der Waals surface area contributed by atoms with Crippen molar-refractivity contribution in [3.05, 3.63) is 52.7 Å². The highest BCUT2D eigenvalue weighted by molar-refractivity contribution is 6.33. The molecule has 0 aliphatic rings. The van der Waals surface area contributed by atoms with E-state index >= 15 is 0 Å². The van der Waals surface area contributed by atoms with Gasteiger partial charge in [0.05, 0.1) is 22.9 Å². The Balaban J connectivity index is 2.37. The molecule has 0 radical (unpaired) electrons. The molecular weight excluding hydrogens is 345 g/mol. The van der Waals surface area contributed by atoms with Gasteiger partial charge in [-0.2, -0.15) is 13.2 Å². The normalized spacial score (nSPS) is 11.4. The number of carbonyl (C=O) groups is 1. The fourth-order valence-corrected chi connectivity index (χ4v) is 2.35. The summed E-state index contributed by atoms with van der Waals surface area (Å²) in [5, 5.41) is 8.73. The molecule has 1 N–H and O–H groups in total. The lowest BCUT2D eigenvalue weighted by Gasteiger charge is -2.16. The summed E-state index contributed by atoms with van der Waals surface area (Å²) < 4.78 is 38.0. The van der Waals surface area contributed by atoms with Crippen molar-refractivity contribution in [2.24, 2.45) is 0 Å². The van der Waals surface area contributed by atoms with E-state index in [1.807, 2.05) is 0 Å². The molecule has 1 aromatic carbocycles. The van der Waals surface area contributed by atoms with Crippen molar-refractivity contribution in [2.75, 3.05) is 20.2 Å². The van der Waals surface area contributed by atoms with Crippen LogP contribution in [0.2, 0.25) is 5.02 Å². The summed E-state index contributed by atoms with van der Waals surface area (Å²) in [5.41, 5.74) is -0.0338. The van der Waals surface area contributed by atoms with Crippen LogP contribution in [-0.2, 0) is 6.18 Å². The number of likely N-dealkylation sites (N-methyl/N-ethyl adjacent to an activating group) is 1. The number of nitrogens with zero attached hydrogens (tertiary/aromatic N) is 2. The number of amides is 1. The van der Waals surface area contributed by atoms with E-state index in [1.54, 1.807) is 18.2 Å². The average Bonchev–Trinajstić information content (AvgIpc) is 2.53. The second kappa shape index (κ2) is 7.19. The number of aliphatic hydroxyl groups is 1. The third kappa shape index (κ3) is 4.04. The van der Waals surface area contributed by atoms with Gasteiger partial charge in [-0.05, 0) is 18.2 Å². The number of rotatable bonds is 4. The number of halogens is 4. The van der Waals surface area contributed by atoms with Crippen LogP contribution in [0.3, 0.4) is 0 Å². The van der Waals surface area contributed by atoms with Crippen molar-refractivity contribution in [3.63, 3.8) is 0 Å². The van der Waals surface area contributed by atoms with E-state index in [4.69, 9.17) is 16.7 Å². The molecule has 1 aromatic heterocycles. The molecule has 0 aliphatic heterocycles. The summed E-state index contributed by atoms with van der Waals surface area (Å²) >= 11 is 5.92. The maximum absolute atomic E-state index is 12.7. The zero-order valence-corrected chi connectivity index (χ0v) is 13.4. The minimum Gasteiger partial charge on any atom is -0.395 e. The number of hydrogen-bond donors (Lipinski definition) is 1. The van der Waals surface area contributed by atoms with Crippen LogP contribution >= 0.6 is 11.6 Å². The van der Waals surface area contributed by atoms with Crippen LogP contribution in [0.15, 0.2) is 36.5 Å². The number of aliphatic hydroxyl groups excluding tert-OH is 1. The Morgan fingerprint density at radius 1 is 1.33 bits per heavy atom. The maximum Gasteiger partial charge on any atom is 0.417 e. The summed E-state index contributed by atoms with van der Waals surface area (Å²) in [6, 6.07) is 7.06. The third-order valence-electron chi connectivity index (χ3n) is 3.33. The number of pyridine rings is 1. The zero-order chi connectivity index (χ0) is 17.9. The monoisotopic (exact) mass is 358 g/mol. The van der Waals surface area contributed by atoms with E-state index in [2.05, 4.69) is 4.98 Å². The van der Waals surface area contributed by atoms with Crippen molar-refractivity contribution >= 4 is 17.5 Å². The molecule has 24 heavy (non-hydrogen) atoms. The Kier molecular flexibility index (Phi) is 5.46. The Hall–Kier alpha value is -2.12. The molecule has 0 spiro atoms. The van der Waals surface area contributed by atoms with Crippen LogP contribution < -0.4 is 0 Å². The first-order valence-corrected chi connectivity index (χ1v) is 7.31. The first kappa shape index (κ1) is 18.2. The van der Waals surface area contributed by atoms with E-state index in [0.717, 1.165) is 6.07 Å². The van der Waals surface area contributed by atoms with Gasteiger partial charge in [-0.15, -0.1) is 0 Å². The molecule has 2 aromatic rings. The average molecular weight is 359 g/mol. The Morgan fingerprint density at radius 2 is 2.04 bits per heavy atom. The molecule has 0 atom stereocenters. The van der Waals surface area contributed by atoms with Crippen molar-refractivity contribution in [1.29, 1.82) is 0 Å². The fraction of sp³-hybridized carbons (Fsp3) is 0.250. The number of benzene rings is 1. The highest BCUT2D eigenvalue weighted by Gasteiger charge is 2.31. The number of hydrogen-bond acceptors (Lipinski definition) is 3. The second-order valence-electron chi connectivity index (χ2n) is 5.08. The maximum atomic E-state index is 12.7. The van der Waals surface area contributed by atoms with Gasteiger partial charge in [0, 0.05) is 30.9 Å². The van der Waals surface area contributed by atoms with Crippen LogP contribution in [-0.4, -0.2) is 41.1 Å². The molecule has 0 aliphatic carbocycles. The van der Waals surface area contributed by atoms with Gasteiger partial charge in [-0.1, -0.05) is 23.7 Å². The molecule has 1 heterocycles. The predicted molar refractivity (Wildman–Crippen MR) is 83.7 cm³/mol. The molecule has 8 heteroatoms. The fourth-order valence-electron chi connectivity index (χ4n) is 2.08. The third-order valence-corrected chi connectivity index (χ3v) is 3.62. The van der Waals surface area contributed by atoms with E-state index in [0.29, 0.717) is 17.3 Å². The first-order chi connectivity index (χ1) is 11.2. The predicted octanol–water partition coefficient (Wildman–Crippen LogP) is 3.49. The molecule has 128 valence electrons. The van der Waals surface area contributed by atoms with Gasteiger partial charge in [0.25, 0.3) is 5.91 Å². The van der Waals surface area contributed by atoms with Gasteiger partial charge < -0.3 is 10.0 Å². The summed E-state index contributed by atoms with van der Waals surface area (Å²) in [6.07, 6.45) is -3.83. The number of carbonyl (C=O) groups excluding carboxylic acids is 1. The van der Waals surface area contributed by atoms with Crippen molar-refractivity contribution in [2.45, 2.75) is 6.18 Å². The minimum absolute atomic E-state index is 0.155. The lowest BCUT2D eigenvalue weighted by molar-refractivity contribution is -0.137. The van der Waals surface area contributed by atoms with Crippen LogP contribution in [0.25, 0.3) is 11.3 Å². The molecular formula is C16H14ClF3N2O2. The molecule has 2 rings (SSSR count). The largest absolute Gasteiger partial charge is 0.417 e. The van der Waals surface area contributed by atoms with Crippen LogP contribution in [0, 0.1) is 0 Å². The molecule has 0 bridgehead atoms. The van der Waals surface area contributed by atoms with Gasteiger partial charge in [0.15, 0.2) is 0 Å². The summed E-state index contributed by atoms with van der Waals surface area (Å²) in [4.78, 5) is 17.3. The summed E-state index contributed by atoms with van der Waals surface area (Å²) in [5.74, 6) is -0.325. The van der Waals surface area contributed by atoms with E-state index in [1.165, 1.54) is 18.0 Å². The van der Waals surface area contributed by atoms with Gasteiger partial charge in [0.2, 0.25) is 0 Å². The highest BCUT2D eigenvalue weighted by atomic mass is 35.5. The highest BCUT2D eigenvalue weighted by Crippen LogP contribution is 2.34. The Bertz CT molecular complexity index is 750. The van der Waals surface area contributed by atoms with Crippen molar-refractivity contribution in [3.8, 4) is 11.3 Å². The topological polar surface area (TPSA) is 53.4 Å². The van der Waals surface area contributed by atoms with Crippen LogP contribution in [0.5, 0.6) is 0 Å². The molecule has 0 fully saturated rings. The van der Waals surface area contributed by atoms with Crippen LogP contribution in [0.4, 0.5) is 13.2 Å². The smallest absolute Gasteiger partial charge is 0.395 e. The quantitative estimate of drug-likeness (QED) is 0.910. The SMILES string of the molecule is CN(CCO)C(=O)c1cccc(-c2ncc(C(F)(F)F)cc2Cl)c1. The second-order valence-corrected chi connectivity index (χ2v) is 5.49. The van der Waals surface area contributed by atoms with Gasteiger partial charge in [-0.25, -0.2) is 0 Å². The number of aromatic nitrogens is 1. The summed E-state index contributed by atoms with van der Waals surface area (Å²) in [6.45, 7) is -0.00341. The van der Waals surface area contributed by atoms with E-state index < -0.39 is 11.7 Å². The summed E-state index contributed by atoms with van der Waals surface area (Å²) in [7, 11) is 1.54. The van der Waals surface area contributed by atoms with Crippen LogP contribution in [0.1, 0.15) is 15.9 Å². The van der Waals surface area contributed by atoms with Gasteiger partial charge in [-0.3, -0.25) is 9.78 Å². The lowest BCUT2D eigenvalue weighted by Crippen LogP contribution is -2.29. The molecule has 0 saturated heterocycles. The molecule has 4 nitrogen and oxygen atoms in total. The molecule has 0 saturated carbocycles. The lowest BCUT2D eigenvalue weighted by atomic mass is 10.1. The van der Waals surface area contributed by atoms with Gasteiger partial charge in [0.1, 0.15) is 0 Å². The first-order valence-electron chi connectivity index (χ1n) is 6.93. The molecule has 1 amide bonds. The zero-order valence-electron chi connectivity index (χ0n) is 12.6. The van der Waals surface area contributed by atoms with E-state index in [-0.39, 0.29) is 29.8 Å². The van der Waals surface area contributed by atoms with Crippen molar-refractivity contribution < 1.29 is 23.1 Å². The Morgan fingerprint density at radius 3 is 2.62 bits per heavy atom. The van der Waals surface area contributed by atoms with Gasteiger partial charge >= 0.3 is 6.18 Å². The standard InChI is InChI=1S/C16H14ClF3N2O2/c1-22(5-6-23)15(24)11-4-2-3-10(7-11)14-13(17)8-12(9-21-14)16(18,19)20/h2-4,7-9,23H,5-6H2,1H3. The van der Waals surface area contributed by atoms with E-state index in [9.17, 15) is 18.0 Å². The molecule has 0 unspecified atom stereocenters. The number of alkyl halides is 3. The van der Waals surface area contributed by atoms with Crippen molar-refractivity contribution in [1.82, 2.24) is 9.88 Å². The Labute approximate surface area is 141 Å². The minimum atomic E-state index is -4.53.